The smallest absolute Gasteiger partial charge is 0.0542 e. The molecule has 2 nitrogen and oxygen atoms in total. The second-order valence-corrected chi connectivity index (χ2v) is 6.38. The average molecular weight is 300 g/mol. The molecule has 2 heteroatoms. The highest BCUT2D eigenvalue weighted by atomic mass is 15.0. The molecule has 3 aromatic carbocycles. The van der Waals surface area contributed by atoms with E-state index >= 15 is 0 Å². The summed E-state index contributed by atoms with van der Waals surface area (Å²) in [6.45, 7) is 4.44. The van der Waals surface area contributed by atoms with Crippen LogP contribution in [0.3, 0.4) is 0 Å². The highest BCUT2D eigenvalue weighted by Crippen LogP contribution is 2.33. The summed E-state index contributed by atoms with van der Waals surface area (Å²) in [5.74, 6) is 0.544. The van der Waals surface area contributed by atoms with Crippen LogP contribution in [0.25, 0.3) is 27.5 Å². The zero-order chi connectivity index (χ0) is 16.0. The first-order valence-electron chi connectivity index (χ1n) is 8.04. The third-order valence-electron chi connectivity index (χ3n) is 4.51. The van der Waals surface area contributed by atoms with Gasteiger partial charge in [-0.1, -0.05) is 44.2 Å². The van der Waals surface area contributed by atoms with Crippen LogP contribution in [0.2, 0.25) is 0 Å². The van der Waals surface area contributed by atoms with Gasteiger partial charge in [-0.05, 0) is 47.9 Å². The van der Waals surface area contributed by atoms with E-state index in [0.717, 1.165) is 5.69 Å². The minimum absolute atomic E-state index is 0.544. The maximum atomic E-state index is 6.01. The van der Waals surface area contributed by atoms with Gasteiger partial charge in [0.2, 0.25) is 0 Å². The van der Waals surface area contributed by atoms with Gasteiger partial charge in [0.1, 0.15) is 0 Å². The molecule has 4 rings (SSSR count). The number of hydrogen-bond donors (Lipinski definition) is 1. The van der Waals surface area contributed by atoms with Crippen LogP contribution in [0.15, 0.2) is 66.7 Å². The van der Waals surface area contributed by atoms with Gasteiger partial charge in [-0.15, -0.1) is 0 Å². The number of nitrogens with two attached hydrogens (primary N) is 1. The Balaban J connectivity index is 2.04. The second kappa shape index (κ2) is 5.17. The van der Waals surface area contributed by atoms with Crippen molar-refractivity contribution in [2.45, 2.75) is 19.8 Å². The van der Waals surface area contributed by atoms with Crippen molar-refractivity contribution in [3.63, 3.8) is 0 Å². The molecule has 1 heterocycles. The molecule has 0 bridgehead atoms. The van der Waals surface area contributed by atoms with Crippen molar-refractivity contribution in [3.8, 4) is 5.69 Å². The molecule has 0 unspecified atom stereocenters. The predicted molar refractivity (Wildman–Crippen MR) is 99.3 cm³/mol. The van der Waals surface area contributed by atoms with Gasteiger partial charge in [-0.2, -0.15) is 0 Å². The maximum Gasteiger partial charge on any atom is 0.0542 e. The summed E-state index contributed by atoms with van der Waals surface area (Å²) in [6.07, 6.45) is 0. The van der Waals surface area contributed by atoms with Gasteiger partial charge in [-0.3, -0.25) is 0 Å². The van der Waals surface area contributed by atoms with Crippen LogP contribution in [0.4, 0.5) is 5.69 Å². The van der Waals surface area contributed by atoms with Gasteiger partial charge in [0, 0.05) is 22.1 Å². The summed E-state index contributed by atoms with van der Waals surface area (Å²) < 4.78 is 2.31. The first kappa shape index (κ1) is 13.9. The van der Waals surface area contributed by atoms with E-state index in [1.54, 1.807) is 0 Å². The molecule has 4 aromatic rings. The number of fused-ring (bicyclic) bond motifs is 3. The van der Waals surface area contributed by atoms with Crippen molar-refractivity contribution in [1.82, 2.24) is 4.57 Å². The Kier molecular flexibility index (Phi) is 3.12. The van der Waals surface area contributed by atoms with Crippen molar-refractivity contribution in [1.29, 1.82) is 0 Å². The van der Waals surface area contributed by atoms with E-state index in [2.05, 4.69) is 79.1 Å². The minimum atomic E-state index is 0.544. The molecule has 0 radical (unpaired) electrons. The average Bonchev–Trinajstić information content (AvgIpc) is 2.89. The predicted octanol–water partition coefficient (Wildman–Crippen LogP) is 5.49. The normalized spacial score (nSPS) is 11.6. The molecule has 0 amide bonds. The van der Waals surface area contributed by atoms with Crippen molar-refractivity contribution in [2.75, 3.05) is 5.73 Å². The summed E-state index contributed by atoms with van der Waals surface area (Å²) in [7, 11) is 0. The van der Waals surface area contributed by atoms with Crippen molar-refractivity contribution in [2.24, 2.45) is 0 Å². The zero-order valence-electron chi connectivity index (χ0n) is 13.5. The summed E-state index contributed by atoms with van der Waals surface area (Å²) >= 11 is 0. The number of rotatable bonds is 2. The van der Waals surface area contributed by atoms with E-state index < -0.39 is 0 Å². The Morgan fingerprint density at radius 3 is 2.22 bits per heavy atom. The zero-order valence-corrected chi connectivity index (χ0v) is 13.5. The molecule has 0 aliphatic heterocycles. The van der Waals surface area contributed by atoms with Crippen LogP contribution in [0.5, 0.6) is 0 Å². The standard InChI is InChI=1S/C21H20N2/c1-14(2)15-7-10-17(11-8-15)23-20-6-4-3-5-18(20)19-13-16(22)9-12-21(19)23/h3-14H,22H2,1-2H3. The van der Waals surface area contributed by atoms with Gasteiger partial charge in [-0.25, -0.2) is 0 Å². The Labute approximate surface area is 136 Å². The van der Waals surface area contributed by atoms with Crippen LogP contribution in [0, 0.1) is 0 Å². The van der Waals surface area contributed by atoms with Gasteiger partial charge in [0.05, 0.1) is 11.0 Å². The number of hydrogen-bond acceptors (Lipinski definition) is 1. The Bertz CT molecular complexity index is 992. The lowest BCUT2D eigenvalue weighted by molar-refractivity contribution is 0.866. The first-order chi connectivity index (χ1) is 11.1. The summed E-state index contributed by atoms with van der Waals surface area (Å²) in [5.41, 5.74) is 11.8. The fraction of sp³-hybridized carbons (Fsp3) is 0.143. The van der Waals surface area contributed by atoms with Crippen molar-refractivity contribution < 1.29 is 0 Å². The van der Waals surface area contributed by atoms with E-state index in [-0.39, 0.29) is 0 Å². The van der Waals surface area contributed by atoms with Crippen LogP contribution in [-0.4, -0.2) is 4.57 Å². The summed E-state index contributed by atoms with van der Waals surface area (Å²) in [6, 6.07) is 23.5. The molecule has 2 N–H and O–H groups in total. The van der Waals surface area contributed by atoms with Gasteiger partial charge in [0.25, 0.3) is 0 Å². The minimum Gasteiger partial charge on any atom is -0.399 e. The Morgan fingerprint density at radius 2 is 1.48 bits per heavy atom. The molecule has 0 fully saturated rings. The number of anilines is 1. The molecule has 23 heavy (non-hydrogen) atoms. The molecule has 0 spiro atoms. The van der Waals surface area contributed by atoms with Crippen molar-refractivity contribution >= 4 is 27.5 Å². The van der Waals surface area contributed by atoms with Crippen LogP contribution >= 0.6 is 0 Å². The van der Waals surface area contributed by atoms with E-state index in [4.69, 9.17) is 5.73 Å². The molecular weight excluding hydrogens is 280 g/mol. The summed E-state index contributed by atoms with van der Waals surface area (Å²) in [4.78, 5) is 0. The highest BCUT2D eigenvalue weighted by molar-refractivity contribution is 6.10. The number of nitrogens with zero attached hydrogens (tertiary/aromatic N) is 1. The quantitative estimate of drug-likeness (QED) is 0.488. The molecule has 0 saturated heterocycles. The fourth-order valence-corrected chi connectivity index (χ4v) is 3.28. The Morgan fingerprint density at radius 1 is 0.783 bits per heavy atom. The molecular formula is C21H20N2. The third-order valence-corrected chi connectivity index (χ3v) is 4.51. The fourth-order valence-electron chi connectivity index (χ4n) is 3.28. The number of benzene rings is 3. The van der Waals surface area contributed by atoms with Gasteiger partial charge in [0.15, 0.2) is 0 Å². The van der Waals surface area contributed by atoms with Crippen LogP contribution < -0.4 is 5.73 Å². The maximum absolute atomic E-state index is 6.01. The van der Waals surface area contributed by atoms with Crippen LogP contribution in [-0.2, 0) is 0 Å². The van der Waals surface area contributed by atoms with Gasteiger partial charge >= 0.3 is 0 Å². The molecule has 0 saturated carbocycles. The SMILES string of the molecule is CC(C)c1ccc(-n2c3ccccc3c3cc(N)ccc32)cc1. The molecule has 1 aromatic heterocycles. The second-order valence-electron chi connectivity index (χ2n) is 6.38. The third kappa shape index (κ3) is 2.18. The lowest BCUT2D eigenvalue weighted by Gasteiger charge is -2.10. The molecule has 0 aliphatic carbocycles. The number of para-hydroxylation sites is 1. The van der Waals surface area contributed by atoms with E-state index in [1.165, 1.54) is 33.1 Å². The monoisotopic (exact) mass is 300 g/mol. The Hall–Kier alpha value is -2.74. The van der Waals surface area contributed by atoms with Crippen LogP contribution in [0.1, 0.15) is 25.3 Å². The highest BCUT2D eigenvalue weighted by Gasteiger charge is 2.12. The lowest BCUT2D eigenvalue weighted by Crippen LogP contribution is -1.95. The topological polar surface area (TPSA) is 30.9 Å². The van der Waals surface area contributed by atoms with Gasteiger partial charge < -0.3 is 10.3 Å². The molecule has 0 atom stereocenters. The molecule has 0 aliphatic rings. The lowest BCUT2D eigenvalue weighted by atomic mass is 10.0. The summed E-state index contributed by atoms with van der Waals surface area (Å²) in [5, 5.41) is 2.44. The largest absolute Gasteiger partial charge is 0.399 e. The van der Waals surface area contributed by atoms with E-state index in [9.17, 15) is 0 Å². The first-order valence-corrected chi connectivity index (χ1v) is 8.04. The molecule has 114 valence electrons. The van der Waals surface area contributed by atoms with Crippen molar-refractivity contribution in [3.05, 3.63) is 72.3 Å². The van der Waals surface area contributed by atoms with E-state index in [0.29, 0.717) is 5.92 Å². The van der Waals surface area contributed by atoms with E-state index in [1.807, 2.05) is 6.07 Å². The number of aromatic nitrogens is 1. The number of nitrogen functional groups attached to an aromatic ring is 1.